The van der Waals surface area contributed by atoms with Gasteiger partial charge in [-0.05, 0) is 131 Å². The van der Waals surface area contributed by atoms with E-state index >= 15 is 0 Å². The predicted octanol–water partition coefficient (Wildman–Crippen LogP) is 14.8. The third-order valence-electron chi connectivity index (χ3n) is 11.8. The Hall–Kier alpha value is -8.10. The second-order valence-corrected chi connectivity index (χ2v) is 15.2. The number of benzene rings is 9. The van der Waals surface area contributed by atoms with Crippen molar-refractivity contribution in [1.29, 1.82) is 0 Å². The van der Waals surface area contributed by atoms with E-state index in [4.69, 9.17) is 27.8 Å². The number of fused-ring (bicyclic) bond motifs is 9. The van der Waals surface area contributed by atoms with E-state index < -0.39 is 0 Å². The van der Waals surface area contributed by atoms with Gasteiger partial charge in [0.15, 0.2) is 34.2 Å². The maximum atomic E-state index is 6.75. The minimum absolute atomic E-state index is 0.659. The van der Waals surface area contributed by atoms with Gasteiger partial charge in [-0.1, -0.05) is 48.5 Å². The molecule has 2 heterocycles. The van der Waals surface area contributed by atoms with Gasteiger partial charge in [0.1, 0.15) is 11.2 Å². The molecule has 9 aromatic carbocycles. The van der Waals surface area contributed by atoms with E-state index in [1.54, 1.807) is 28.4 Å². The Morgan fingerprint density at radius 1 is 0.306 bits per heavy atom. The normalized spacial score (nSPS) is 11.5. The Balaban J connectivity index is 1.01. The number of hydrogen-bond acceptors (Lipinski definition) is 8. The summed E-state index contributed by atoms with van der Waals surface area (Å²) in [7, 11) is 6.61. The molecule has 0 atom stereocenters. The largest absolute Gasteiger partial charge is 0.493 e. The summed E-state index contributed by atoms with van der Waals surface area (Å²) >= 11 is 0. The van der Waals surface area contributed by atoms with Gasteiger partial charge >= 0.3 is 0 Å². The van der Waals surface area contributed by atoms with Gasteiger partial charge in [0.2, 0.25) is 0 Å². The summed E-state index contributed by atoms with van der Waals surface area (Å²) in [5.41, 5.74) is 8.97. The molecular weight excluding hydrogens is 773 g/mol. The third kappa shape index (κ3) is 6.06. The zero-order valence-corrected chi connectivity index (χ0v) is 34.5. The third-order valence-corrected chi connectivity index (χ3v) is 11.8. The van der Waals surface area contributed by atoms with E-state index in [0.29, 0.717) is 23.0 Å². The number of nitrogens with zero attached hydrogens (tertiary/aromatic N) is 2. The quantitative estimate of drug-likeness (QED) is 0.135. The van der Waals surface area contributed by atoms with E-state index in [0.717, 1.165) is 99.5 Å². The molecule has 0 saturated carbocycles. The van der Waals surface area contributed by atoms with Crippen molar-refractivity contribution < 1.29 is 27.8 Å². The Morgan fingerprint density at radius 2 is 0.694 bits per heavy atom. The van der Waals surface area contributed by atoms with Crippen molar-refractivity contribution in [3.63, 3.8) is 0 Å². The molecule has 0 bridgehead atoms. The molecule has 8 heteroatoms. The molecule has 302 valence electrons. The number of ether oxygens (including phenoxy) is 4. The smallest absolute Gasteiger partial charge is 0.178 e. The number of rotatable bonds is 10. The fraction of sp³-hybridized carbons (Fsp3) is 0.0741. The monoisotopic (exact) mass is 812 g/mol. The van der Waals surface area contributed by atoms with Crippen LogP contribution in [0.2, 0.25) is 0 Å². The van der Waals surface area contributed by atoms with Gasteiger partial charge in [-0.2, -0.15) is 0 Å². The summed E-state index contributed by atoms with van der Waals surface area (Å²) in [6, 6.07) is 58.6. The molecule has 0 unspecified atom stereocenters. The first-order valence-corrected chi connectivity index (χ1v) is 20.4. The van der Waals surface area contributed by atoms with E-state index in [9.17, 15) is 0 Å². The van der Waals surface area contributed by atoms with Crippen LogP contribution in [-0.4, -0.2) is 28.4 Å². The SMILES string of the molecule is COc1ccc(N(c2ccccc2)c2ccc3cc4c(cc3c2)oc2c4ccc3c4cc5ccc(N(c6ccccc6)c6ccc(OC)c(OC)c6)cc5cc4oc32)cc1OC. The molecule has 0 radical (unpaired) electrons. The van der Waals surface area contributed by atoms with Crippen molar-refractivity contribution in [2.45, 2.75) is 0 Å². The topological polar surface area (TPSA) is 69.7 Å². The van der Waals surface area contributed by atoms with Gasteiger partial charge in [0.05, 0.1) is 39.8 Å². The van der Waals surface area contributed by atoms with Crippen LogP contribution in [0.3, 0.4) is 0 Å². The molecular formula is C54H40N2O6. The number of anilines is 6. The van der Waals surface area contributed by atoms with Gasteiger partial charge in [0.25, 0.3) is 0 Å². The minimum Gasteiger partial charge on any atom is -0.493 e. The second-order valence-electron chi connectivity index (χ2n) is 15.2. The van der Waals surface area contributed by atoms with Crippen molar-refractivity contribution >= 4 is 99.5 Å². The van der Waals surface area contributed by atoms with Gasteiger partial charge < -0.3 is 37.6 Å². The van der Waals surface area contributed by atoms with Crippen LogP contribution >= 0.6 is 0 Å². The predicted molar refractivity (Wildman–Crippen MR) is 252 cm³/mol. The molecule has 11 aromatic rings. The fourth-order valence-corrected chi connectivity index (χ4v) is 8.78. The van der Waals surface area contributed by atoms with Crippen LogP contribution in [0.15, 0.2) is 179 Å². The second kappa shape index (κ2) is 14.9. The molecule has 0 N–H and O–H groups in total. The van der Waals surface area contributed by atoms with Crippen molar-refractivity contribution in [1.82, 2.24) is 0 Å². The summed E-state index contributed by atoms with van der Waals surface area (Å²) < 4.78 is 36.0. The number of furan rings is 2. The van der Waals surface area contributed by atoms with Crippen LogP contribution in [0, 0.1) is 0 Å². The first-order valence-electron chi connectivity index (χ1n) is 20.4. The Bertz CT molecular complexity index is 3250. The van der Waals surface area contributed by atoms with Gasteiger partial charge in [-0.25, -0.2) is 0 Å². The molecule has 0 saturated heterocycles. The molecule has 62 heavy (non-hydrogen) atoms. The zero-order valence-electron chi connectivity index (χ0n) is 34.5. The van der Waals surface area contributed by atoms with E-state index in [1.807, 2.05) is 72.8 Å². The molecule has 0 fully saturated rings. The van der Waals surface area contributed by atoms with Crippen LogP contribution < -0.4 is 28.7 Å². The van der Waals surface area contributed by atoms with E-state index in [-0.39, 0.29) is 0 Å². The van der Waals surface area contributed by atoms with Gasteiger partial charge in [-0.3, -0.25) is 0 Å². The molecule has 0 aliphatic rings. The van der Waals surface area contributed by atoms with Crippen LogP contribution in [-0.2, 0) is 0 Å². The lowest BCUT2D eigenvalue weighted by atomic mass is 10.0. The van der Waals surface area contributed by atoms with Crippen LogP contribution in [0.5, 0.6) is 23.0 Å². The summed E-state index contributed by atoms with van der Waals surface area (Å²) in [6.45, 7) is 0. The molecule has 0 aliphatic heterocycles. The van der Waals surface area contributed by atoms with Crippen molar-refractivity contribution in [3.8, 4) is 23.0 Å². The summed E-state index contributed by atoms with van der Waals surface area (Å²) in [6.07, 6.45) is 0. The van der Waals surface area contributed by atoms with Crippen molar-refractivity contribution in [2.24, 2.45) is 0 Å². The average Bonchev–Trinajstić information content (AvgIpc) is 3.88. The van der Waals surface area contributed by atoms with Crippen LogP contribution in [0.4, 0.5) is 34.1 Å². The molecule has 0 amide bonds. The molecule has 11 rings (SSSR count). The van der Waals surface area contributed by atoms with E-state index in [1.165, 1.54) is 0 Å². The standard InChI is InChI=1S/C54H40N2O6/c1-57-47-23-19-41(31-51(47)59-3)55(37-11-7-5-8-12-37)39-17-15-33-27-45-43-21-22-44-46-28-34-16-18-40(26-36(34)30-50(46)62-54(44)53(43)61-49(45)29-35(33)25-39)56(38-13-9-6-10-14-38)42-20-24-48(58-2)52(32-42)60-4/h5-32H,1-4H3. The maximum absolute atomic E-state index is 6.75. The number of hydrogen-bond donors (Lipinski definition) is 0. The van der Waals surface area contributed by atoms with Gasteiger partial charge in [-0.15, -0.1) is 0 Å². The maximum Gasteiger partial charge on any atom is 0.178 e. The molecule has 0 aliphatic carbocycles. The molecule has 0 spiro atoms. The first-order chi connectivity index (χ1) is 30.5. The lowest BCUT2D eigenvalue weighted by molar-refractivity contribution is 0.355. The summed E-state index contributed by atoms with van der Waals surface area (Å²) in [4.78, 5) is 4.43. The Kier molecular flexibility index (Phi) is 8.86. The lowest BCUT2D eigenvalue weighted by Gasteiger charge is -2.26. The molecule has 8 nitrogen and oxygen atoms in total. The fourth-order valence-electron chi connectivity index (χ4n) is 8.78. The average molecular weight is 813 g/mol. The highest BCUT2D eigenvalue weighted by molar-refractivity contribution is 6.21. The van der Waals surface area contributed by atoms with Crippen LogP contribution in [0.25, 0.3) is 65.4 Å². The first kappa shape index (κ1) is 36.9. The van der Waals surface area contributed by atoms with Crippen LogP contribution in [0.1, 0.15) is 0 Å². The highest BCUT2D eigenvalue weighted by Crippen LogP contribution is 2.45. The van der Waals surface area contributed by atoms with Crippen molar-refractivity contribution in [3.05, 3.63) is 170 Å². The van der Waals surface area contributed by atoms with Crippen molar-refractivity contribution in [2.75, 3.05) is 38.2 Å². The summed E-state index contributed by atoms with van der Waals surface area (Å²) in [5.74, 6) is 2.67. The lowest BCUT2D eigenvalue weighted by Crippen LogP contribution is -2.10. The number of para-hydroxylation sites is 2. The Labute approximate surface area is 357 Å². The highest BCUT2D eigenvalue weighted by Gasteiger charge is 2.21. The summed E-state index contributed by atoms with van der Waals surface area (Å²) in [5, 5.41) is 8.40. The highest BCUT2D eigenvalue weighted by atomic mass is 16.5. The molecule has 2 aromatic heterocycles. The van der Waals surface area contributed by atoms with E-state index in [2.05, 4.69) is 107 Å². The Morgan fingerprint density at radius 3 is 1.10 bits per heavy atom. The number of methoxy groups -OCH3 is 4. The van der Waals surface area contributed by atoms with Gasteiger partial charge in [0, 0.05) is 56.4 Å². The minimum atomic E-state index is 0.659. The zero-order chi connectivity index (χ0) is 41.9.